The van der Waals surface area contributed by atoms with Gasteiger partial charge >= 0.3 is 0 Å². The zero-order valence-electron chi connectivity index (χ0n) is 9.73. The first-order valence-corrected chi connectivity index (χ1v) is 5.46. The van der Waals surface area contributed by atoms with Crippen LogP contribution >= 0.6 is 0 Å². The van der Waals surface area contributed by atoms with Gasteiger partial charge in [-0.05, 0) is 36.6 Å². The van der Waals surface area contributed by atoms with Gasteiger partial charge in [0.2, 0.25) is 0 Å². The van der Waals surface area contributed by atoms with Crippen LogP contribution in [0.3, 0.4) is 0 Å². The summed E-state index contributed by atoms with van der Waals surface area (Å²) in [5, 5.41) is 0. The Morgan fingerprint density at radius 2 is 1.62 bits per heavy atom. The van der Waals surface area contributed by atoms with Gasteiger partial charge in [-0.3, -0.25) is 0 Å². The molecule has 2 aromatic rings. The van der Waals surface area contributed by atoms with Crippen molar-refractivity contribution in [2.45, 2.75) is 13.3 Å². The Morgan fingerprint density at radius 3 is 2.31 bits per heavy atom. The third-order valence-electron chi connectivity index (χ3n) is 2.62. The van der Waals surface area contributed by atoms with Gasteiger partial charge in [-0.15, -0.1) is 0 Å². The van der Waals surface area contributed by atoms with Crippen molar-refractivity contribution >= 4 is 0 Å². The van der Waals surface area contributed by atoms with Crippen LogP contribution in [0.2, 0.25) is 0 Å². The second-order valence-corrected chi connectivity index (χ2v) is 4.02. The van der Waals surface area contributed by atoms with E-state index in [-0.39, 0.29) is 0 Å². The first-order chi connectivity index (χ1) is 7.78. The number of hydrogen-bond acceptors (Lipinski definition) is 1. The summed E-state index contributed by atoms with van der Waals surface area (Å²) in [6, 6.07) is 16.8. The van der Waals surface area contributed by atoms with Crippen LogP contribution in [0.1, 0.15) is 16.7 Å². The minimum atomic E-state index is 0.921. The van der Waals surface area contributed by atoms with Gasteiger partial charge in [0.05, 0.1) is 7.11 Å². The fourth-order valence-corrected chi connectivity index (χ4v) is 1.84. The number of methoxy groups -OCH3 is 1. The molecule has 0 fully saturated rings. The van der Waals surface area contributed by atoms with Crippen LogP contribution in [0.15, 0.2) is 48.5 Å². The average Bonchev–Trinajstić information content (AvgIpc) is 2.29. The smallest absolute Gasteiger partial charge is 0.119 e. The predicted molar refractivity (Wildman–Crippen MR) is 67.0 cm³/mol. The van der Waals surface area contributed by atoms with Crippen molar-refractivity contribution in [1.82, 2.24) is 0 Å². The van der Waals surface area contributed by atoms with Crippen LogP contribution in [0.5, 0.6) is 5.75 Å². The van der Waals surface area contributed by atoms with Gasteiger partial charge in [0.15, 0.2) is 0 Å². The Hall–Kier alpha value is -1.76. The number of hydrogen-bond donors (Lipinski definition) is 0. The molecular weight excluding hydrogens is 196 g/mol. The van der Waals surface area contributed by atoms with E-state index in [1.165, 1.54) is 16.7 Å². The number of benzene rings is 2. The van der Waals surface area contributed by atoms with Gasteiger partial charge < -0.3 is 4.74 Å². The van der Waals surface area contributed by atoms with Crippen LogP contribution in [0.25, 0.3) is 0 Å². The molecule has 0 unspecified atom stereocenters. The maximum absolute atomic E-state index is 5.22. The summed E-state index contributed by atoms with van der Waals surface area (Å²) >= 11 is 0. The second kappa shape index (κ2) is 4.84. The molecule has 1 heteroatoms. The van der Waals surface area contributed by atoms with Crippen LogP contribution in [0, 0.1) is 6.92 Å². The van der Waals surface area contributed by atoms with Crippen LogP contribution in [0.4, 0.5) is 0 Å². The Labute approximate surface area is 96.7 Å². The molecular formula is C15H16O. The maximum atomic E-state index is 5.22. The van der Waals surface area contributed by atoms with E-state index in [4.69, 9.17) is 4.74 Å². The molecule has 0 aliphatic carbocycles. The standard InChI is InChI=1S/C15H16O/c1-12-5-3-6-13(9-12)10-14-7-4-8-15(11-14)16-2/h3-9,11H,10H2,1-2H3. The molecule has 0 aromatic heterocycles. The lowest BCUT2D eigenvalue weighted by Gasteiger charge is -2.05. The summed E-state index contributed by atoms with van der Waals surface area (Å²) < 4.78 is 5.22. The molecule has 16 heavy (non-hydrogen) atoms. The van der Waals surface area contributed by atoms with Crippen molar-refractivity contribution in [2.75, 3.05) is 7.11 Å². The normalized spacial score (nSPS) is 10.1. The van der Waals surface area contributed by atoms with Gasteiger partial charge in [0.25, 0.3) is 0 Å². The van der Waals surface area contributed by atoms with Crippen molar-refractivity contribution in [2.24, 2.45) is 0 Å². The molecule has 0 aliphatic rings. The Bertz CT molecular complexity index is 474. The third-order valence-corrected chi connectivity index (χ3v) is 2.62. The molecule has 0 saturated heterocycles. The van der Waals surface area contributed by atoms with Crippen molar-refractivity contribution in [3.63, 3.8) is 0 Å². The SMILES string of the molecule is COc1cccc(Cc2cccc(C)c2)c1. The van der Waals surface area contributed by atoms with Crippen molar-refractivity contribution < 1.29 is 4.74 Å². The summed E-state index contributed by atoms with van der Waals surface area (Å²) in [7, 11) is 1.70. The van der Waals surface area contributed by atoms with Gasteiger partial charge in [-0.2, -0.15) is 0 Å². The average molecular weight is 212 g/mol. The van der Waals surface area contributed by atoms with Gasteiger partial charge in [-0.1, -0.05) is 42.0 Å². The van der Waals surface area contributed by atoms with Crippen LogP contribution in [-0.4, -0.2) is 7.11 Å². The molecule has 0 radical (unpaired) electrons. The highest BCUT2D eigenvalue weighted by Gasteiger charge is 1.98. The van der Waals surface area contributed by atoms with Crippen molar-refractivity contribution in [3.8, 4) is 5.75 Å². The van der Waals surface area contributed by atoms with E-state index in [2.05, 4.69) is 43.3 Å². The van der Waals surface area contributed by atoms with Crippen LogP contribution < -0.4 is 4.74 Å². The lowest BCUT2D eigenvalue weighted by Crippen LogP contribution is -1.90. The molecule has 0 saturated carbocycles. The summed E-state index contributed by atoms with van der Waals surface area (Å²) in [6.07, 6.45) is 0.957. The molecule has 0 bridgehead atoms. The molecule has 0 N–H and O–H groups in total. The Balaban J connectivity index is 2.20. The van der Waals surface area contributed by atoms with E-state index in [0.29, 0.717) is 0 Å². The quantitative estimate of drug-likeness (QED) is 0.755. The minimum Gasteiger partial charge on any atom is -0.497 e. The molecule has 2 rings (SSSR count). The number of rotatable bonds is 3. The third kappa shape index (κ3) is 2.63. The van der Waals surface area contributed by atoms with Gasteiger partial charge in [0.1, 0.15) is 5.75 Å². The molecule has 0 atom stereocenters. The van der Waals surface area contributed by atoms with E-state index < -0.39 is 0 Å². The van der Waals surface area contributed by atoms with E-state index in [1.807, 2.05) is 12.1 Å². The van der Waals surface area contributed by atoms with E-state index in [9.17, 15) is 0 Å². The Morgan fingerprint density at radius 1 is 0.938 bits per heavy atom. The fourth-order valence-electron chi connectivity index (χ4n) is 1.84. The topological polar surface area (TPSA) is 9.23 Å². The molecule has 0 heterocycles. The summed E-state index contributed by atoms with van der Waals surface area (Å²) in [5.74, 6) is 0.921. The molecule has 82 valence electrons. The van der Waals surface area contributed by atoms with E-state index in [0.717, 1.165) is 12.2 Å². The largest absolute Gasteiger partial charge is 0.497 e. The minimum absolute atomic E-state index is 0.921. The van der Waals surface area contributed by atoms with E-state index >= 15 is 0 Å². The van der Waals surface area contributed by atoms with E-state index in [1.54, 1.807) is 7.11 Å². The van der Waals surface area contributed by atoms with Gasteiger partial charge in [-0.25, -0.2) is 0 Å². The first kappa shape index (κ1) is 10.7. The summed E-state index contributed by atoms with van der Waals surface area (Å²) in [6.45, 7) is 2.12. The lowest BCUT2D eigenvalue weighted by molar-refractivity contribution is 0.414. The summed E-state index contributed by atoms with van der Waals surface area (Å²) in [5.41, 5.74) is 3.93. The number of ether oxygens (including phenoxy) is 1. The molecule has 0 spiro atoms. The lowest BCUT2D eigenvalue weighted by atomic mass is 10.0. The molecule has 0 amide bonds. The predicted octanol–water partition coefficient (Wildman–Crippen LogP) is 3.59. The Kier molecular flexibility index (Phi) is 3.25. The van der Waals surface area contributed by atoms with Crippen LogP contribution in [-0.2, 0) is 6.42 Å². The van der Waals surface area contributed by atoms with Gasteiger partial charge in [0, 0.05) is 0 Å². The van der Waals surface area contributed by atoms with Crippen molar-refractivity contribution in [3.05, 3.63) is 65.2 Å². The highest BCUT2D eigenvalue weighted by atomic mass is 16.5. The highest BCUT2D eigenvalue weighted by molar-refractivity contribution is 5.33. The highest BCUT2D eigenvalue weighted by Crippen LogP contribution is 2.16. The number of aryl methyl sites for hydroxylation is 1. The summed E-state index contributed by atoms with van der Waals surface area (Å²) in [4.78, 5) is 0. The fraction of sp³-hybridized carbons (Fsp3) is 0.200. The molecule has 2 aromatic carbocycles. The van der Waals surface area contributed by atoms with Crippen molar-refractivity contribution in [1.29, 1.82) is 0 Å². The monoisotopic (exact) mass is 212 g/mol. The zero-order valence-corrected chi connectivity index (χ0v) is 9.73. The first-order valence-electron chi connectivity index (χ1n) is 5.46. The molecule has 0 aliphatic heterocycles. The maximum Gasteiger partial charge on any atom is 0.119 e. The zero-order chi connectivity index (χ0) is 11.4. The second-order valence-electron chi connectivity index (χ2n) is 4.02. The molecule has 1 nitrogen and oxygen atoms in total.